The minimum Gasteiger partial charge on any atom is -0.339 e. The molecule has 0 atom stereocenters. The van der Waals surface area contributed by atoms with Gasteiger partial charge in [-0.25, -0.2) is 0 Å². The van der Waals surface area contributed by atoms with E-state index in [1.807, 2.05) is 0 Å². The molecule has 1 aliphatic heterocycles. The third-order valence-electron chi connectivity index (χ3n) is 2.17. The molecule has 14 heavy (non-hydrogen) atoms. The summed E-state index contributed by atoms with van der Waals surface area (Å²) in [6.45, 7) is 5.82. The van der Waals surface area contributed by atoms with Crippen LogP contribution in [0.3, 0.4) is 0 Å². The maximum atomic E-state index is 10.9. The Bertz CT molecular complexity index is 182. The van der Waals surface area contributed by atoms with Crippen molar-refractivity contribution < 1.29 is 9.59 Å². The maximum absolute atomic E-state index is 10.9. The number of nitrogens with zero attached hydrogens (tertiary/aromatic N) is 2. The lowest BCUT2D eigenvalue weighted by Crippen LogP contribution is -2.49. The average molecular weight is 424 g/mol. The van der Waals surface area contributed by atoms with Crippen LogP contribution in [0.1, 0.15) is 13.8 Å². The van der Waals surface area contributed by atoms with E-state index < -0.39 is 0 Å². The van der Waals surface area contributed by atoms with Gasteiger partial charge in [-0.05, 0) is 0 Å². The van der Waals surface area contributed by atoms with Gasteiger partial charge in [-0.2, -0.15) is 0 Å². The van der Waals surface area contributed by atoms with Gasteiger partial charge in [0.1, 0.15) is 0 Å². The van der Waals surface area contributed by atoms with Gasteiger partial charge >= 0.3 is 0 Å². The largest absolute Gasteiger partial charge is 0.339 e. The molecule has 1 saturated heterocycles. The van der Waals surface area contributed by atoms with E-state index in [2.05, 4.69) is 37.2 Å². The van der Waals surface area contributed by atoms with Crippen LogP contribution in [0.25, 0.3) is 0 Å². The van der Waals surface area contributed by atoms with E-state index in [1.54, 1.807) is 23.6 Å². The molecule has 0 N–H and O–H groups in total. The first-order chi connectivity index (χ1) is 6.61. The number of carbonyl (C=O) groups excluding carboxylic acids is 2. The van der Waals surface area contributed by atoms with Crippen molar-refractivity contribution in [2.75, 3.05) is 26.2 Å². The van der Waals surface area contributed by atoms with Gasteiger partial charge in [0.25, 0.3) is 0 Å². The van der Waals surface area contributed by atoms with E-state index in [9.17, 15) is 9.59 Å². The van der Waals surface area contributed by atoms with Gasteiger partial charge in [0.05, 0.1) is 0 Å². The Morgan fingerprint density at radius 2 is 1.07 bits per heavy atom. The minimum atomic E-state index is 0.0956. The molecule has 4 nitrogen and oxygen atoms in total. The fourth-order valence-electron chi connectivity index (χ4n) is 1.34. The first-order valence-electron chi connectivity index (χ1n) is 4.26. The fraction of sp³-hybridized carbons (Fsp3) is 0.750. The van der Waals surface area contributed by atoms with Crippen LogP contribution in [0, 0.1) is 0 Å². The number of halogens is 2. The zero-order valence-corrected chi connectivity index (χ0v) is 12.6. The standard InChI is InChI=1S/C8H14N2O2.I2/c1-7(11)9-3-5-10(6-4-9)8(2)12;1-2/h3-6H2,1-2H3;. The van der Waals surface area contributed by atoms with Crippen LogP contribution in [0.4, 0.5) is 0 Å². The lowest BCUT2D eigenvalue weighted by atomic mass is 10.3. The van der Waals surface area contributed by atoms with E-state index in [-0.39, 0.29) is 11.8 Å². The molecule has 0 radical (unpaired) electrons. The van der Waals surface area contributed by atoms with Gasteiger partial charge in [0.2, 0.25) is 11.8 Å². The number of hydrogen-bond donors (Lipinski definition) is 0. The van der Waals surface area contributed by atoms with Crippen molar-refractivity contribution in [2.45, 2.75) is 13.8 Å². The van der Waals surface area contributed by atoms with E-state index in [0.29, 0.717) is 26.2 Å². The average Bonchev–Trinajstić information content (AvgIpc) is 2.21. The van der Waals surface area contributed by atoms with E-state index in [1.165, 1.54) is 0 Å². The van der Waals surface area contributed by atoms with Crippen molar-refractivity contribution in [3.63, 3.8) is 0 Å². The highest BCUT2D eigenvalue weighted by Gasteiger charge is 2.19. The number of hydrogen-bond acceptors (Lipinski definition) is 2. The molecule has 82 valence electrons. The summed E-state index contributed by atoms with van der Waals surface area (Å²) < 4.78 is 0. The summed E-state index contributed by atoms with van der Waals surface area (Å²) in [6.07, 6.45) is 0. The summed E-state index contributed by atoms with van der Waals surface area (Å²) in [7, 11) is 0. The highest BCUT2D eigenvalue weighted by atomic mass is 128. The first kappa shape index (κ1) is 14.4. The van der Waals surface area contributed by atoms with Crippen LogP contribution in [0.15, 0.2) is 0 Å². The Hall–Kier alpha value is 0.400. The summed E-state index contributed by atoms with van der Waals surface area (Å²) in [4.78, 5) is 25.3. The topological polar surface area (TPSA) is 40.6 Å². The number of amides is 2. The molecule has 0 aromatic heterocycles. The van der Waals surface area contributed by atoms with Crippen molar-refractivity contribution in [3.05, 3.63) is 0 Å². The lowest BCUT2D eigenvalue weighted by Gasteiger charge is -2.33. The molecular weight excluding hydrogens is 410 g/mol. The number of piperazine rings is 1. The molecule has 0 aromatic carbocycles. The molecule has 1 aliphatic rings. The van der Waals surface area contributed by atoms with Crippen LogP contribution in [0.5, 0.6) is 0 Å². The summed E-state index contributed by atoms with van der Waals surface area (Å²) >= 11 is 4.24. The highest BCUT2D eigenvalue weighted by Crippen LogP contribution is 2.01. The van der Waals surface area contributed by atoms with Gasteiger partial charge in [-0.15, -0.1) is 0 Å². The molecule has 0 saturated carbocycles. The van der Waals surface area contributed by atoms with Crippen LogP contribution in [-0.2, 0) is 9.59 Å². The van der Waals surface area contributed by atoms with Gasteiger partial charge in [-0.1, -0.05) is 0 Å². The molecule has 1 heterocycles. The molecule has 2 amide bonds. The van der Waals surface area contributed by atoms with Gasteiger partial charge in [0.15, 0.2) is 0 Å². The van der Waals surface area contributed by atoms with Crippen molar-refractivity contribution >= 4 is 49.0 Å². The minimum absolute atomic E-state index is 0.0956. The second-order valence-electron chi connectivity index (χ2n) is 3.01. The van der Waals surface area contributed by atoms with Crippen LogP contribution in [0.2, 0.25) is 0 Å². The van der Waals surface area contributed by atoms with Crippen molar-refractivity contribution in [3.8, 4) is 0 Å². The van der Waals surface area contributed by atoms with Crippen LogP contribution < -0.4 is 0 Å². The van der Waals surface area contributed by atoms with E-state index in [4.69, 9.17) is 0 Å². The number of rotatable bonds is 0. The van der Waals surface area contributed by atoms with Gasteiger partial charge in [0, 0.05) is 77.3 Å². The zero-order chi connectivity index (χ0) is 11.1. The second kappa shape index (κ2) is 7.66. The molecule has 0 aromatic rings. The first-order valence-corrected chi connectivity index (χ1v) is 10.5. The fourth-order valence-corrected chi connectivity index (χ4v) is 1.34. The second-order valence-corrected chi connectivity index (χ2v) is 3.01. The van der Waals surface area contributed by atoms with Crippen LogP contribution >= 0.6 is 37.2 Å². The quantitative estimate of drug-likeness (QED) is 0.553. The smallest absolute Gasteiger partial charge is 0.219 e. The summed E-state index contributed by atoms with van der Waals surface area (Å²) in [5.74, 6) is 0.191. The maximum Gasteiger partial charge on any atom is 0.219 e. The molecule has 0 bridgehead atoms. The van der Waals surface area contributed by atoms with E-state index in [0.717, 1.165) is 0 Å². The zero-order valence-electron chi connectivity index (χ0n) is 8.30. The summed E-state index contributed by atoms with van der Waals surface area (Å²) in [6, 6.07) is 0. The SMILES string of the molecule is CC(=O)N1CCN(C(C)=O)CC1.II. The third-order valence-corrected chi connectivity index (χ3v) is 2.17. The Morgan fingerprint density at radius 3 is 1.21 bits per heavy atom. The van der Waals surface area contributed by atoms with Crippen LogP contribution in [-0.4, -0.2) is 47.8 Å². The molecule has 0 aliphatic carbocycles. The highest BCUT2D eigenvalue weighted by molar-refractivity contribution is 15.0. The molecule has 6 heteroatoms. The molecular formula is C8H14I2N2O2. The predicted molar refractivity (Wildman–Crippen MR) is 72.5 cm³/mol. The Labute approximate surface area is 108 Å². The van der Waals surface area contributed by atoms with Crippen molar-refractivity contribution in [1.82, 2.24) is 9.80 Å². The normalized spacial score (nSPS) is 15.7. The third kappa shape index (κ3) is 4.76. The molecule has 0 spiro atoms. The Balaban J connectivity index is 0.000000791. The monoisotopic (exact) mass is 424 g/mol. The molecule has 1 rings (SSSR count). The molecule has 0 unspecified atom stereocenters. The van der Waals surface area contributed by atoms with E-state index >= 15 is 0 Å². The van der Waals surface area contributed by atoms with Crippen molar-refractivity contribution in [1.29, 1.82) is 0 Å². The summed E-state index contributed by atoms with van der Waals surface area (Å²) in [5.41, 5.74) is 0. The lowest BCUT2D eigenvalue weighted by molar-refractivity contribution is -0.137. The predicted octanol–water partition coefficient (Wildman–Crippen LogP) is 1.47. The van der Waals surface area contributed by atoms with Gasteiger partial charge < -0.3 is 9.80 Å². The summed E-state index contributed by atoms with van der Waals surface area (Å²) in [5, 5.41) is 0. The van der Waals surface area contributed by atoms with Crippen molar-refractivity contribution in [2.24, 2.45) is 0 Å². The number of carbonyl (C=O) groups is 2. The Kier molecular flexibility index (Phi) is 7.88. The molecule has 1 fully saturated rings. The van der Waals surface area contributed by atoms with Gasteiger partial charge in [-0.3, -0.25) is 9.59 Å². The Morgan fingerprint density at radius 1 is 0.857 bits per heavy atom.